The summed E-state index contributed by atoms with van der Waals surface area (Å²) in [5.74, 6) is 1.20. The first-order chi connectivity index (χ1) is 12.6. The normalized spacial score (nSPS) is 13.4. The van der Waals surface area contributed by atoms with E-state index in [0.29, 0.717) is 43.4 Å². The van der Waals surface area contributed by atoms with Gasteiger partial charge in [-0.1, -0.05) is 17.3 Å². The van der Waals surface area contributed by atoms with Crippen LogP contribution in [0.5, 0.6) is 5.75 Å². The van der Waals surface area contributed by atoms with E-state index in [4.69, 9.17) is 14.4 Å². The van der Waals surface area contributed by atoms with E-state index < -0.39 is 12.6 Å². The van der Waals surface area contributed by atoms with Crippen molar-refractivity contribution in [2.75, 3.05) is 6.61 Å². The van der Waals surface area contributed by atoms with Crippen LogP contribution in [0.25, 0.3) is 0 Å². The van der Waals surface area contributed by atoms with Crippen LogP contribution in [-0.2, 0) is 22.6 Å². The molecule has 1 fully saturated rings. The van der Waals surface area contributed by atoms with Crippen LogP contribution in [-0.4, -0.2) is 33.7 Å². The predicted octanol–water partition coefficient (Wildman–Crippen LogP) is 2.05. The number of benzene rings is 1. The molecule has 1 aliphatic rings. The van der Waals surface area contributed by atoms with Crippen LogP contribution >= 0.6 is 0 Å². The van der Waals surface area contributed by atoms with Gasteiger partial charge in [0.2, 0.25) is 11.8 Å². The van der Waals surface area contributed by atoms with Crippen molar-refractivity contribution in [3.05, 3.63) is 41.5 Å². The summed E-state index contributed by atoms with van der Waals surface area (Å²) in [7, 11) is 0. The van der Waals surface area contributed by atoms with Crippen molar-refractivity contribution in [2.24, 2.45) is 0 Å². The third-order valence-electron chi connectivity index (χ3n) is 3.97. The van der Waals surface area contributed by atoms with Crippen LogP contribution in [0.2, 0.25) is 0 Å². The minimum atomic E-state index is -1.03. The Bertz CT molecular complexity index is 770. The fraction of sp³-hybridized carbons (Fsp3) is 0.444. The molecule has 0 spiro atoms. The van der Waals surface area contributed by atoms with E-state index in [-0.39, 0.29) is 5.91 Å². The van der Waals surface area contributed by atoms with Gasteiger partial charge in [0.05, 0.1) is 0 Å². The molecule has 1 heterocycles. The van der Waals surface area contributed by atoms with Gasteiger partial charge >= 0.3 is 5.97 Å². The molecule has 8 heteroatoms. The molecule has 26 heavy (non-hydrogen) atoms. The number of hydrogen-bond donors (Lipinski definition) is 2. The van der Waals surface area contributed by atoms with Gasteiger partial charge in [0, 0.05) is 25.3 Å². The van der Waals surface area contributed by atoms with Gasteiger partial charge in [-0.25, -0.2) is 4.79 Å². The molecular formula is C18H21N3O5. The summed E-state index contributed by atoms with van der Waals surface area (Å²) in [5.41, 5.74) is 0.840. The highest BCUT2D eigenvalue weighted by Gasteiger charge is 2.28. The lowest BCUT2D eigenvalue weighted by Gasteiger charge is -2.07. The topological polar surface area (TPSA) is 115 Å². The first kappa shape index (κ1) is 17.9. The minimum Gasteiger partial charge on any atom is -0.482 e. The van der Waals surface area contributed by atoms with E-state index in [2.05, 4.69) is 15.5 Å². The molecule has 1 aromatic carbocycles. The van der Waals surface area contributed by atoms with Crippen LogP contribution in [0.1, 0.15) is 48.9 Å². The lowest BCUT2D eigenvalue weighted by atomic mass is 10.2. The lowest BCUT2D eigenvalue weighted by Crippen LogP contribution is -2.22. The molecule has 0 atom stereocenters. The largest absolute Gasteiger partial charge is 0.482 e. The standard InChI is InChI=1S/C18H21N3O5/c22-15(5-2-6-16-20-18(21-26-16)13-7-8-13)19-10-12-3-1-4-14(9-12)25-11-17(23)24/h1,3-4,9,13H,2,5-8,10-11H2,(H,19,22)(H,23,24). The first-order valence-corrected chi connectivity index (χ1v) is 8.63. The minimum absolute atomic E-state index is 0.0659. The van der Waals surface area contributed by atoms with Gasteiger partial charge in [-0.2, -0.15) is 4.98 Å². The molecule has 0 saturated heterocycles. The fourth-order valence-electron chi connectivity index (χ4n) is 2.46. The number of aliphatic carboxylic acids is 1. The number of nitrogens with zero attached hydrogens (tertiary/aromatic N) is 2. The summed E-state index contributed by atoms with van der Waals surface area (Å²) >= 11 is 0. The number of carboxylic acid groups (broad SMARTS) is 1. The van der Waals surface area contributed by atoms with Crippen molar-refractivity contribution in [3.63, 3.8) is 0 Å². The van der Waals surface area contributed by atoms with Crippen molar-refractivity contribution in [2.45, 2.75) is 44.6 Å². The number of ether oxygens (including phenoxy) is 1. The number of rotatable bonds is 10. The molecule has 8 nitrogen and oxygen atoms in total. The maximum Gasteiger partial charge on any atom is 0.341 e. The highest BCUT2D eigenvalue weighted by atomic mass is 16.5. The number of carbonyl (C=O) groups excluding carboxylic acids is 1. The van der Waals surface area contributed by atoms with Gasteiger partial charge < -0.3 is 19.7 Å². The second-order valence-corrected chi connectivity index (χ2v) is 6.28. The molecule has 0 unspecified atom stereocenters. The van der Waals surface area contributed by atoms with Crippen molar-refractivity contribution in [1.82, 2.24) is 15.5 Å². The van der Waals surface area contributed by atoms with Crippen LogP contribution in [0.4, 0.5) is 0 Å². The molecule has 1 saturated carbocycles. The van der Waals surface area contributed by atoms with Crippen LogP contribution in [0.3, 0.4) is 0 Å². The zero-order valence-corrected chi connectivity index (χ0v) is 14.3. The summed E-state index contributed by atoms with van der Waals surface area (Å²) < 4.78 is 10.3. The maximum atomic E-state index is 11.9. The molecule has 1 aliphatic carbocycles. The zero-order valence-electron chi connectivity index (χ0n) is 14.3. The second-order valence-electron chi connectivity index (χ2n) is 6.28. The van der Waals surface area contributed by atoms with Crippen LogP contribution in [0, 0.1) is 0 Å². The van der Waals surface area contributed by atoms with E-state index >= 15 is 0 Å². The molecule has 0 radical (unpaired) electrons. The van der Waals surface area contributed by atoms with Crippen molar-refractivity contribution in [1.29, 1.82) is 0 Å². The van der Waals surface area contributed by atoms with Gasteiger partial charge in [0.15, 0.2) is 12.4 Å². The van der Waals surface area contributed by atoms with Gasteiger partial charge in [0.1, 0.15) is 5.75 Å². The smallest absolute Gasteiger partial charge is 0.341 e. The van der Waals surface area contributed by atoms with Gasteiger partial charge in [0.25, 0.3) is 0 Å². The number of aromatic nitrogens is 2. The predicted molar refractivity (Wildman–Crippen MR) is 90.6 cm³/mol. The van der Waals surface area contributed by atoms with Crippen LogP contribution < -0.4 is 10.1 Å². The Morgan fingerprint density at radius 1 is 1.35 bits per heavy atom. The molecule has 0 aliphatic heterocycles. The third kappa shape index (κ3) is 5.58. The van der Waals surface area contributed by atoms with Crippen LogP contribution in [0.15, 0.2) is 28.8 Å². The summed E-state index contributed by atoms with van der Waals surface area (Å²) in [4.78, 5) is 26.8. The Kier molecular flexibility index (Phi) is 5.83. The molecule has 1 amide bonds. The highest BCUT2D eigenvalue weighted by Crippen LogP contribution is 2.38. The Morgan fingerprint density at radius 2 is 2.19 bits per heavy atom. The Balaban J connectivity index is 1.36. The van der Waals surface area contributed by atoms with Crippen molar-refractivity contribution < 1.29 is 24.0 Å². The molecule has 2 N–H and O–H groups in total. The lowest BCUT2D eigenvalue weighted by molar-refractivity contribution is -0.139. The van der Waals surface area contributed by atoms with E-state index in [1.54, 1.807) is 18.2 Å². The number of carboxylic acids is 1. The number of hydrogen-bond acceptors (Lipinski definition) is 6. The number of aryl methyl sites for hydroxylation is 1. The summed E-state index contributed by atoms with van der Waals surface area (Å²) in [6, 6.07) is 6.98. The van der Waals surface area contributed by atoms with E-state index in [1.807, 2.05) is 6.07 Å². The molecule has 138 valence electrons. The monoisotopic (exact) mass is 359 g/mol. The fourth-order valence-corrected chi connectivity index (χ4v) is 2.46. The summed E-state index contributed by atoms with van der Waals surface area (Å²) in [6.45, 7) is -0.0383. The SMILES string of the molecule is O=C(O)COc1cccc(CNC(=O)CCCc2nc(C3CC3)no2)c1. The first-order valence-electron chi connectivity index (χ1n) is 8.63. The molecule has 1 aromatic heterocycles. The Labute approximate surface area is 150 Å². The number of carbonyl (C=O) groups is 2. The Morgan fingerprint density at radius 3 is 2.96 bits per heavy atom. The third-order valence-corrected chi connectivity index (χ3v) is 3.97. The van der Waals surface area contributed by atoms with Crippen molar-refractivity contribution in [3.8, 4) is 5.75 Å². The number of nitrogens with one attached hydrogen (secondary N) is 1. The molecular weight excluding hydrogens is 338 g/mol. The average Bonchev–Trinajstić information content (AvgIpc) is 3.38. The van der Waals surface area contributed by atoms with E-state index in [1.165, 1.54) is 0 Å². The summed E-state index contributed by atoms with van der Waals surface area (Å²) in [5, 5.41) is 15.4. The Hall–Kier alpha value is -2.90. The van der Waals surface area contributed by atoms with Gasteiger partial charge in [-0.15, -0.1) is 0 Å². The highest BCUT2D eigenvalue weighted by molar-refractivity contribution is 5.75. The number of amides is 1. The average molecular weight is 359 g/mol. The molecule has 2 aromatic rings. The van der Waals surface area contributed by atoms with E-state index in [9.17, 15) is 9.59 Å². The quantitative estimate of drug-likeness (QED) is 0.667. The summed E-state index contributed by atoms with van der Waals surface area (Å²) in [6.07, 6.45) is 3.86. The second kappa shape index (κ2) is 8.46. The molecule has 3 rings (SSSR count). The van der Waals surface area contributed by atoms with E-state index in [0.717, 1.165) is 24.2 Å². The van der Waals surface area contributed by atoms with Gasteiger partial charge in [-0.3, -0.25) is 4.79 Å². The maximum absolute atomic E-state index is 11.9. The zero-order chi connectivity index (χ0) is 18.4. The van der Waals surface area contributed by atoms with Gasteiger partial charge in [-0.05, 0) is 37.0 Å². The van der Waals surface area contributed by atoms with Crippen molar-refractivity contribution >= 4 is 11.9 Å². The molecule has 0 bridgehead atoms.